The fourth-order valence-corrected chi connectivity index (χ4v) is 5.76. The van der Waals surface area contributed by atoms with E-state index in [0.29, 0.717) is 26.2 Å². The molecule has 2 saturated heterocycles. The minimum Gasteiger partial charge on any atom is -0.506 e. The van der Waals surface area contributed by atoms with Crippen LogP contribution in [0.25, 0.3) is 0 Å². The molecule has 2 atom stereocenters. The number of phenolic OH excluding ortho intramolecular Hbond substituents is 1. The zero-order valence-corrected chi connectivity index (χ0v) is 19.4. The summed E-state index contributed by atoms with van der Waals surface area (Å²) in [6.07, 6.45) is 0.217. The van der Waals surface area contributed by atoms with Gasteiger partial charge in [-0.2, -0.15) is 0 Å². The summed E-state index contributed by atoms with van der Waals surface area (Å²) in [7, 11) is 0. The number of piperazine rings is 1. The van der Waals surface area contributed by atoms with Gasteiger partial charge < -0.3 is 19.8 Å². The summed E-state index contributed by atoms with van der Waals surface area (Å²) in [5.74, 6) is -0.129. The first-order valence-corrected chi connectivity index (χ1v) is 12.1. The van der Waals surface area contributed by atoms with E-state index in [-0.39, 0.29) is 30.0 Å². The molecule has 2 aromatic carbocycles. The van der Waals surface area contributed by atoms with Gasteiger partial charge in [0, 0.05) is 43.2 Å². The van der Waals surface area contributed by atoms with Crippen molar-refractivity contribution in [2.45, 2.75) is 19.4 Å². The van der Waals surface area contributed by atoms with Gasteiger partial charge >= 0.3 is 0 Å². The normalized spacial score (nSPS) is 21.0. The zero-order valence-electron chi connectivity index (χ0n) is 18.6. The summed E-state index contributed by atoms with van der Waals surface area (Å²) >= 11 is 1.59. The molecular weight excluding hydrogens is 434 g/mol. The number of hydrogen-bond donors (Lipinski definition) is 1. The van der Waals surface area contributed by atoms with E-state index in [0.717, 1.165) is 21.8 Å². The molecule has 0 radical (unpaired) electrons. The summed E-state index contributed by atoms with van der Waals surface area (Å²) in [4.78, 5) is 33.7. The van der Waals surface area contributed by atoms with Crippen molar-refractivity contribution in [3.05, 3.63) is 76.5 Å². The fraction of sp³-hybridized carbons (Fsp3) is 0.308. The molecule has 0 saturated carbocycles. The van der Waals surface area contributed by atoms with Crippen LogP contribution in [0.3, 0.4) is 0 Å². The molecule has 1 N–H and O–H groups in total. The molecule has 2 aliphatic rings. The number of nitrogens with zero attached hydrogens (tertiary/aromatic N) is 3. The maximum atomic E-state index is 13.7. The van der Waals surface area contributed by atoms with Crippen LogP contribution in [0, 0.1) is 12.8 Å². The van der Waals surface area contributed by atoms with Crippen LogP contribution in [-0.2, 0) is 9.59 Å². The van der Waals surface area contributed by atoms with E-state index in [1.54, 1.807) is 23.5 Å². The Morgan fingerprint density at radius 1 is 0.970 bits per heavy atom. The molecular formula is C26H27N3O3S. The molecule has 2 fully saturated rings. The standard InChI is InChI=1S/C26H27N3O3S/c1-18-8-10-19(11-9-18)29-24(31)17-20(25(29)23-7-4-16-33-23)26(32)28-14-12-27(13-15-28)21-5-2-3-6-22(21)30/h2-11,16,20,25,30H,12-15,17H2,1H3. The van der Waals surface area contributed by atoms with Crippen molar-refractivity contribution < 1.29 is 14.7 Å². The number of para-hydroxylation sites is 2. The molecule has 3 aromatic rings. The molecule has 0 aliphatic carbocycles. The number of amides is 2. The molecule has 5 rings (SSSR count). The van der Waals surface area contributed by atoms with E-state index in [4.69, 9.17) is 0 Å². The highest BCUT2D eigenvalue weighted by molar-refractivity contribution is 7.10. The Morgan fingerprint density at radius 3 is 2.36 bits per heavy atom. The highest BCUT2D eigenvalue weighted by atomic mass is 32.1. The van der Waals surface area contributed by atoms with Crippen LogP contribution < -0.4 is 9.80 Å². The summed E-state index contributed by atoms with van der Waals surface area (Å²) in [6, 6.07) is 18.9. The average molecular weight is 462 g/mol. The van der Waals surface area contributed by atoms with E-state index in [9.17, 15) is 14.7 Å². The topological polar surface area (TPSA) is 64.1 Å². The van der Waals surface area contributed by atoms with Crippen LogP contribution in [0.4, 0.5) is 11.4 Å². The third-order valence-corrected chi connectivity index (χ3v) is 7.54. The Kier molecular flexibility index (Phi) is 5.81. The van der Waals surface area contributed by atoms with Crippen LogP contribution in [0.2, 0.25) is 0 Å². The predicted octanol–water partition coefficient (Wildman–Crippen LogP) is 4.21. The third-order valence-electron chi connectivity index (χ3n) is 6.60. The van der Waals surface area contributed by atoms with Gasteiger partial charge in [-0.05, 0) is 42.6 Å². The summed E-state index contributed by atoms with van der Waals surface area (Å²) in [6.45, 7) is 4.46. The second kappa shape index (κ2) is 8.90. The predicted molar refractivity (Wildman–Crippen MR) is 131 cm³/mol. The van der Waals surface area contributed by atoms with Crippen molar-refractivity contribution in [1.29, 1.82) is 0 Å². The highest BCUT2D eigenvalue weighted by Crippen LogP contribution is 2.44. The van der Waals surface area contributed by atoms with Crippen LogP contribution in [-0.4, -0.2) is 48.0 Å². The lowest BCUT2D eigenvalue weighted by molar-refractivity contribution is -0.136. The van der Waals surface area contributed by atoms with Crippen molar-refractivity contribution in [1.82, 2.24) is 4.90 Å². The molecule has 2 unspecified atom stereocenters. The Bertz CT molecular complexity index is 1140. The Balaban J connectivity index is 1.37. The molecule has 1 aromatic heterocycles. The molecule has 2 amide bonds. The van der Waals surface area contributed by atoms with Gasteiger partial charge in [-0.25, -0.2) is 0 Å². The van der Waals surface area contributed by atoms with Crippen molar-refractivity contribution in [3.63, 3.8) is 0 Å². The molecule has 2 aliphatic heterocycles. The number of carbonyl (C=O) groups is 2. The quantitative estimate of drug-likeness (QED) is 0.632. The van der Waals surface area contributed by atoms with Crippen molar-refractivity contribution >= 4 is 34.5 Å². The lowest BCUT2D eigenvalue weighted by Gasteiger charge is -2.38. The lowest BCUT2D eigenvalue weighted by Crippen LogP contribution is -2.51. The number of rotatable bonds is 4. The van der Waals surface area contributed by atoms with Gasteiger partial charge in [-0.1, -0.05) is 35.9 Å². The first-order valence-electron chi connectivity index (χ1n) is 11.3. The van der Waals surface area contributed by atoms with Gasteiger partial charge in [-0.3, -0.25) is 9.59 Å². The van der Waals surface area contributed by atoms with Gasteiger partial charge in [0.15, 0.2) is 0 Å². The van der Waals surface area contributed by atoms with Gasteiger partial charge in [0.05, 0.1) is 17.6 Å². The monoisotopic (exact) mass is 461 g/mol. The summed E-state index contributed by atoms with van der Waals surface area (Å²) < 4.78 is 0. The number of phenols is 1. The van der Waals surface area contributed by atoms with Crippen LogP contribution in [0.15, 0.2) is 66.0 Å². The number of anilines is 2. The second-order valence-electron chi connectivity index (χ2n) is 8.67. The van der Waals surface area contributed by atoms with Gasteiger partial charge in [0.1, 0.15) is 5.75 Å². The smallest absolute Gasteiger partial charge is 0.228 e. The van der Waals surface area contributed by atoms with Gasteiger partial charge in [-0.15, -0.1) is 11.3 Å². The minimum absolute atomic E-state index is 0.0107. The Morgan fingerprint density at radius 2 is 1.70 bits per heavy atom. The molecule has 170 valence electrons. The zero-order chi connectivity index (χ0) is 22.9. The first-order chi connectivity index (χ1) is 16.0. The third kappa shape index (κ3) is 4.09. The summed E-state index contributed by atoms with van der Waals surface area (Å²) in [5, 5.41) is 12.2. The second-order valence-corrected chi connectivity index (χ2v) is 9.65. The van der Waals surface area contributed by atoms with E-state index in [1.165, 1.54) is 0 Å². The molecule has 0 bridgehead atoms. The van der Waals surface area contributed by atoms with Crippen molar-refractivity contribution in [2.24, 2.45) is 5.92 Å². The largest absolute Gasteiger partial charge is 0.506 e. The number of hydrogen-bond acceptors (Lipinski definition) is 5. The molecule has 33 heavy (non-hydrogen) atoms. The number of thiophene rings is 1. The average Bonchev–Trinajstić information content (AvgIpc) is 3.47. The SMILES string of the molecule is Cc1ccc(N2C(=O)CC(C(=O)N3CCN(c4ccccc4O)CC3)C2c2cccs2)cc1. The number of aromatic hydroxyl groups is 1. The van der Waals surface area contributed by atoms with E-state index in [1.807, 2.05) is 70.6 Å². The van der Waals surface area contributed by atoms with Crippen LogP contribution >= 0.6 is 11.3 Å². The van der Waals surface area contributed by atoms with Crippen LogP contribution in [0.1, 0.15) is 22.9 Å². The van der Waals surface area contributed by atoms with E-state index in [2.05, 4.69) is 4.90 Å². The van der Waals surface area contributed by atoms with E-state index < -0.39 is 5.92 Å². The maximum Gasteiger partial charge on any atom is 0.228 e. The van der Waals surface area contributed by atoms with Crippen molar-refractivity contribution in [3.8, 4) is 5.75 Å². The summed E-state index contributed by atoms with van der Waals surface area (Å²) in [5.41, 5.74) is 2.76. The molecule has 7 heteroatoms. The Labute approximate surface area is 197 Å². The molecule has 6 nitrogen and oxygen atoms in total. The van der Waals surface area contributed by atoms with Gasteiger partial charge in [0.2, 0.25) is 11.8 Å². The maximum absolute atomic E-state index is 13.7. The first kappa shape index (κ1) is 21.5. The highest BCUT2D eigenvalue weighted by Gasteiger charge is 2.47. The van der Waals surface area contributed by atoms with Crippen molar-refractivity contribution in [2.75, 3.05) is 36.0 Å². The number of carbonyl (C=O) groups excluding carboxylic acids is 2. The fourth-order valence-electron chi connectivity index (χ4n) is 4.88. The molecule has 3 heterocycles. The lowest BCUT2D eigenvalue weighted by atomic mass is 9.96. The number of benzene rings is 2. The van der Waals surface area contributed by atoms with Crippen LogP contribution in [0.5, 0.6) is 5.75 Å². The minimum atomic E-state index is -0.408. The number of aryl methyl sites for hydroxylation is 1. The van der Waals surface area contributed by atoms with E-state index >= 15 is 0 Å². The molecule has 0 spiro atoms. The van der Waals surface area contributed by atoms with Gasteiger partial charge in [0.25, 0.3) is 0 Å². The Hall–Kier alpha value is -3.32.